The summed E-state index contributed by atoms with van der Waals surface area (Å²) in [7, 11) is -6.54. The molecule has 0 aromatic carbocycles. The molecule has 126 valence electrons. The van der Waals surface area contributed by atoms with Crippen molar-refractivity contribution in [2.75, 3.05) is 26.2 Å². The van der Waals surface area contributed by atoms with Crippen LogP contribution in [-0.4, -0.2) is 84.0 Å². The molecule has 21 heavy (non-hydrogen) atoms. The first-order valence-corrected chi connectivity index (χ1v) is 9.35. The van der Waals surface area contributed by atoms with Crippen molar-refractivity contribution in [2.45, 2.75) is 30.7 Å². The molecular weight excluding hydrogens is 332 g/mol. The Morgan fingerprint density at radius 3 is 2.05 bits per heavy atom. The zero-order chi connectivity index (χ0) is 16.4. The highest BCUT2D eigenvalue weighted by Gasteiger charge is 2.47. The SMILES string of the molecule is CO[C@@H]1O[C@H](COS(C)(=O)=O)[C@@H](O)[C@H](O)[C@H]1OS(C)(=O)=O. The molecule has 0 aromatic rings. The lowest BCUT2D eigenvalue weighted by atomic mass is 9.99. The van der Waals surface area contributed by atoms with Gasteiger partial charge in [0.15, 0.2) is 12.4 Å². The molecule has 0 unspecified atom stereocenters. The van der Waals surface area contributed by atoms with E-state index >= 15 is 0 Å². The molecule has 0 saturated carbocycles. The van der Waals surface area contributed by atoms with Gasteiger partial charge in [0, 0.05) is 7.11 Å². The second-order valence-electron chi connectivity index (χ2n) is 4.51. The molecule has 1 aliphatic heterocycles. The molecule has 1 saturated heterocycles. The summed E-state index contributed by atoms with van der Waals surface area (Å²) in [5, 5.41) is 19.7. The minimum atomic E-state index is -3.93. The standard InChI is InChI=1S/C9H18O10S2/c1-16-9-8(19-21(3,14)15)7(11)6(10)5(18-9)4-17-20(2,12)13/h5-11H,4H2,1-3H3/t5-,6-,7+,8-,9-/m1/s1. The number of hydrogen-bond donors (Lipinski definition) is 2. The minimum Gasteiger partial charge on any atom is -0.387 e. The van der Waals surface area contributed by atoms with E-state index in [1.165, 1.54) is 7.11 Å². The number of rotatable bonds is 6. The summed E-state index contributed by atoms with van der Waals surface area (Å²) in [6.07, 6.45) is -5.78. The lowest BCUT2D eigenvalue weighted by Crippen LogP contribution is -2.60. The molecule has 2 N–H and O–H groups in total. The van der Waals surface area contributed by atoms with E-state index in [0.29, 0.717) is 0 Å². The third kappa shape index (κ3) is 5.75. The topological polar surface area (TPSA) is 146 Å². The van der Waals surface area contributed by atoms with Gasteiger partial charge in [-0.3, -0.25) is 8.37 Å². The zero-order valence-electron chi connectivity index (χ0n) is 11.6. The highest BCUT2D eigenvalue weighted by Crippen LogP contribution is 2.25. The lowest BCUT2D eigenvalue weighted by molar-refractivity contribution is -0.286. The fourth-order valence-corrected chi connectivity index (χ4v) is 2.72. The van der Waals surface area contributed by atoms with Crippen LogP contribution in [0.2, 0.25) is 0 Å². The van der Waals surface area contributed by atoms with E-state index < -0.39 is 57.5 Å². The largest absolute Gasteiger partial charge is 0.387 e. The van der Waals surface area contributed by atoms with Crippen LogP contribution in [0, 0.1) is 0 Å². The van der Waals surface area contributed by atoms with Crippen molar-refractivity contribution in [1.82, 2.24) is 0 Å². The molecule has 0 bridgehead atoms. The maximum absolute atomic E-state index is 11.1. The van der Waals surface area contributed by atoms with E-state index in [1.807, 2.05) is 0 Å². The van der Waals surface area contributed by atoms with Crippen LogP contribution in [0.3, 0.4) is 0 Å². The van der Waals surface area contributed by atoms with Crippen LogP contribution in [0.4, 0.5) is 0 Å². The Balaban J connectivity index is 2.84. The van der Waals surface area contributed by atoms with Gasteiger partial charge in [0.2, 0.25) is 0 Å². The van der Waals surface area contributed by atoms with Gasteiger partial charge in [-0.05, 0) is 0 Å². The molecule has 0 radical (unpaired) electrons. The van der Waals surface area contributed by atoms with Crippen molar-refractivity contribution in [3.8, 4) is 0 Å². The molecule has 1 rings (SSSR count). The summed E-state index contributed by atoms with van der Waals surface area (Å²) in [4.78, 5) is 0. The average Bonchev–Trinajstić information content (AvgIpc) is 2.31. The van der Waals surface area contributed by atoms with Gasteiger partial charge in [0.05, 0.1) is 19.1 Å². The van der Waals surface area contributed by atoms with E-state index in [2.05, 4.69) is 8.37 Å². The van der Waals surface area contributed by atoms with E-state index in [-0.39, 0.29) is 0 Å². The normalized spacial score (nSPS) is 34.8. The molecule has 12 heteroatoms. The summed E-state index contributed by atoms with van der Waals surface area (Å²) < 4.78 is 63.2. The second kappa shape index (κ2) is 6.83. The Hall–Kier alpha value is -0.340. The zero-order valence-corrected chi connectivity index (χ0v) is 13.2. The molecule has 0 aliphatic carbocycles. The van der Waals surface area contributed by atoms with Gasteiger partial charge in [-0.15, -0.1) is 0 Å². The number of aliphatic hydroxyl groups is 2. The van der Waals surface area contributed by atoms with Gasteiger partial charge in [-0.2, -0.15) is 16.8 Å². The molecule has 5 atom stereocenters. The molecule has 1 fully saturated rings. The van der Waals surface area contributed by atoms with Crippen molar-refractivity contribution >= 4 is 20.2 Å². The quantitative estimate of drug-likeness (QED) is 0.489. The van der Waals surface area contributed by atoms with Crippen LogP contribution in [0.25, 0.3) is 0 Å². The fraction of sp³-hybridized carbons (Fsp3) is 1.00. The van der Waals surface area contributed by atoms with Crippen molar-refractivity contribution in [3.05, 3.63) is 0 Å². The average molecular weight is 350 g/mol. The predicted octanol–water partition coefficient (Wildman–Crippen LogP) is -2.60. The number of ether oxygens (including phenoxy) is 2. The summed E-state index contributed by atoms with van der Waals surface area (Å²) in [5.74, 6) is 0. The van der Waals surface area contributed by atoms with E-state index in [1.54, 1.807) is 0 Å². The molecule has 1 heterocycles. The molecule has 0 amide bonds. The first kappa shape index (κ1) is 18.7. The van der Waals surface area contributed by atoms with Crippen LogP contribution in [0.1, 0.15) is 0 Å². The Kier molecular flexibility index (Phi) is 6.08. The van der Waals surface area contributed by atoms with E-state index in [9.17, 15) is 27.0 Å². The van der Waals surface area contributed by atoms with Gasteiger partial charge in [-0.1, -0.05) is 0 Å². The third-order valence-corrected chi connectivity index (χ3v) is 3.75. The van der Waals surface area contributed by atoms with Gasteiger partial charge < -0.3 is 19.7 Å². The van der Waals surface area contributed by atoms with Gasteiger partial charge >= 0.3 is 0 Å². The number of methoxy groups -OCH3 is 1. The summed E-state index contributed by atoms with van der Waals surface area (Å²) in [6, 6.07) is 0. The first-order valence-electron chi connectivity index (χ1n) is 5.71. The van der Waals surface area contributed by atoms with E-state index in [0.717, 1.165) is 12.5 Å². The predicted molar refractivity (Wildman–Crippen MR) is 68.2 cm³/mol. The van der Waals surface area contributed by atoms with Gasteiger partial charge in [0.25, 0.3) is 20.2 Å². The number of hydrogen-bond acceptors (Lipinski definition) is 10. The Labute approximate surface area is 122 Å². The summed E-state index contributed by atoms with van der Waals surface area (Å²) in [6.45, 7) is -0.567. The first-order chi connectivity index (χ1) is 9.44. The lowest BCUT2D eigenvalue weighted by Gasteiger charge is -2.40. The minimum absolute atomic E-state index is 0.567. The molecule has 10 nitrogen and oxygen atoms in total. The highest BCUT2D eigenvalue weighted by molar-refractivity contribution is 7.86. The van der Waals surface area contributed by atoms with Crippen LogP contribution >= 0.6 is 0 Å². The van der Waals surface area contributed by atoms with Crippen LogP contribution in [0.5, 0.6) is 0 Å². The van der Waals surface area contributed by atoms with Crippen molar-refractivity contribution in [1.29, 1.82) is 0 Å². The van der Waals surface area contributed by atoms with Crippen molar-refractivity contribution in [2.24, 2.45) is 0 Å². The van der Waals surface area contributed by atoms with Crippen molar-refractivity contribution in [3.63, 3.8) is 0 Å². The van der Waals surface area contributed by atoms with Gasteiger partial charge in [-0.25, -0.2) is 0 Å². The number of aliphatic hydroxyl groups excluding tert-OH is 2. The Bertz CT molecular complexity index is 537. The maximum atomic E-state index is 11.1. The van der Waals surface area contributed by atoms with Crippen LogP contribution in [-0.2, 0) is 38.1 Å². The fourth-order valence-electron chi connectivity index (χ4n) is 1.73. The van der Waals surface area contributed by atoms with Gasteiger partial charge in [0.1, 0.15) is 18.3 Å². The molecule has 0 aromatic heterocycles. The maximum Gasteiger partial charge on any atom is 0.264 e. The smallest absolute Gasteiger partial charge is 0.264 e. The third-order valence-electron chi connectivity index (χ3n) is 2.61. The molecule has 0 spiro atoms. The van der Waals surface area contributed by atoms with Crippen molar-refractivity contribution < 1.29 is 44.9 Å². The second-order valence-corrected chi connectivity index (χ2v) is 7.76. The van der Waals surface area contributed by atoms with Crippen LogP contribution < -0.4 is 0 Å². The highest BCUT2D eigenvalue weighted by atomic mass is 32.2. The molecular formula is C9H18O10S2. The Morgan fingerprint density at radius 1 is 1.05 bits per heavy atom. The summed E-state index contributed by atoms with van der Waals surface area (Å²) in [5.41, 5.74) is 0. The molecule has 1 aliphatic rings. The summed E-state index contributed by atoms with van der Waals surface area (Å²) >= 11 is 0. The monoisotopic (exact) mass is 350 g/mol. The van der Waals surface area contributed by atoms with E-state index in [4.69, 9.17) is 9.47 Å². The Morgan fingerprint density at radius 2 is 1.62 bits per heavy atom. The van der Waals surface area contributed by atoms with Crippen LogP contribution in [0.15, 0.2) is 0 Å².